The summed E-state index contributed by atoms with van der Waals surface area (Å²) in [6, 6.07) is 3.74. The number of nitrogens with zero attached hydrogens (tertiary/aromatic N) is 1. The highest BCUT2D eigenvalue weighted by Crippen LogP contribution is 2.16. The van der Waals surface area contributed by atoms with Crippen LogP contribution in [0.3, 0.4) is 0 Å². The topological polar surface area (TPSA) is 77.2 Å². The molecule has 3 N–H and O–H groups in total. The van der Waals surface area contributed by atoms with E-state index in [1.165, 1.54) is 11.8 Å². The molecule has 1 heterocycles. The van der Waals surface area contributed by atoms with Crippen molar-refractivity contribution < 1.29 is 9.53 Å². The number of hydrogen-bond donors (Lipinski definition) is 2. The Kier molecular flexibility index (Phi) is 5.43. The Morgan fingerprint density at radius 1 is 1.56 bits per heavy atom. The highest BCUT2D eigenvalue weighted by atomic mass is 32.2. The molecule has 0 fully saturated rings. The van der Waals surface area contributed by atoms with Crippen molar-refractivity contribution in [2.75, 3.05) is 11.2 Å². The minimum absolute atomic E-state index is 0.196. The Morgan fingerprint density at radius 3 is 2.89 bits per heavy atom. The second kappa shape index (κ2) is 6.61. The van der Waals surface area contributed by atoms with E-state index in [0.717, 1.165) is 11.3 Å². The van der Waals surface area contributed by atoms with Crippen LogP contribution in [0.25, 0.3) is 0 Å². The molecule has 6 heteroatoms. The van der Waals surface area contributed by atoms with Gasteiger partial charge < -0.3 is 10.2 Å². The van der Waals surface area contributed by atoms with Crippen LogP contribution in [0.15, 0.2) is 18.3 Å². The summed E-state index contributed by atoms with van der Waals surface area (Å²) in [5.74, 6) is 6.75. The smallest absolute Gasteiger partial charge is 0.316 e. The predicted octanol–water partition coefficient (Wildman–Crippen LogP) is 1.94. The SMILES string of the molecule is CC(C)(C)OC(=O)CSCc1ccnc(NN)c1. The quantitative estimate of drug-likeness (QED) is 0.483. The monoisotopic (exact) mass is 269 g/mol. The standard InChI is InChI=1S/C12H19N3O2S/c1-12(2,3)17-11(16)8-18-7-9-4-5-14-10(6-9)15-13/h4-6H,7-8,13H2,1-3H3,(H,14,15). The van der Waals surface area contributed by atoms with Crippen molar-refractivity contribution in [3.8, 4) is 0 Å². The maximum Gasteiger partial charge on any atom is 0.316 e. The van der Waals surface area contributed by atoms with Crippen molar-refractivity contribution in [3.63, 3.8) is 0 Å². The number of ether oxygens (including phenoxy) is 1. The van der Waals surface area contributed by atoms with E-state index in [-0.39, 0.29) is 5.97 Å². The summed E-state index contributed by atoms with van der Waals surface area (Å²) in [6.07, 6.45) is 1.68. The molecule has 1 rings (SSSR count). The van der Waals surface area contributed by atoms with Gasteiger partial charge in [0.05, 0.1) is 5.75 Å². The Hall–Kier alpha value is -1.27. The lowest BCUT2D eigenvalue weighted by molar-refractivity contribution is -0.151. The van der Waals surface area contributed by atoms with Crippen molar-refractivity contribution in [1.29, 1.82) is 0 Å². The first-order valence-corrected chi connectivity index (χ1v) is 6.77. The number of aromatic nitrogens is 1. The maximum absolute atomic E-state index is 11.5. The third kappa shape index (κ3) is 5.88. The van der Waals surface area contributed by atoms with Gasteiger partial charge in [0.25, 0.3) is 0 Å². The van der Waals surface area contributed by atoms with Crippen molar-refractivity contribution in [1.82, 2.24) is 4.98 Å². The first-order valence-electron chi connectivity index (χ1n) is 5.62. The number of nitrogens with two attached hydrogens (primary N) is 1. The third-order valence-electron chi connectivity index (χ3n) is 1.88. The lowest BCUT2D eigenvalue weighted by Gasteiger charge is -2.19. The van der Waals surface area contributed by atoms with Gasteiger partial charge in [0.15, 0.2) is 0 Å². The lowest BCUT2D eigenvalue weighted by atomic mass is 10.2. The van der Waals surface area contributed by atoms with Gasteiger partial charge in [-0.15, -0.1) is 11.8 Å². The zero-order valence-corrected chi connectivity index (χ0v) is 11.7. The molecule has 0 bridgehead atoms. The molecule has 1 aromatic rings. The van der Waals surface area contributed by atoms with Gasteiger partial charge in [-0.05, 0) is 38.5 Å². The van der Waals surface area contributed by atoms with E-state index in [9.17, 15) is 4.79 Å². The van der Waals surface area contributed by atoms with E-state index in [0.29, 0.717) is 11.6 Å². The average molecular weight is 269 g/mol. The van der Waals surface area contributed by atoms with Gasteiger partial charge in [0.1, 0.15) is 11.4 Å². The summed E-state index contributed by atoms with van der Waals surface area (Å²) in [6.45, 7) is 5.58. The fourth-order valence-electron chi connectivity index (χ4n) is 1.27. The lowest BCUT2D eigenvalue weighted by Crippen LogP contribution is -2.24. The molecule has 0 saturated heterocycles. The average Bonchev–Trinajstić information content (AvgIpc) is 2.27. The molecule has 5 nitrogen and oxygen atoms in total. The third-order valence-corrected chi connectivity index (χ3v) is 2.86. The number of carbonyl (C=O) groups is 1. The molecule has 0 atom stereocenters. The predicted molar refractivity (Wildman–Crippen MR) is 74.1 cm³/mol. The number of carbonyl (C=O) groups excluding carboxylic acids is 1. The van der Waals surface area contributed by atoms with E-state index in [2.05, 4.69) is 10.4 Å². The van der Waals surface area contributed by atoms with Crippen LogP contribution in [-0.4, -0.2) is 22.3 Å². The normalized spacial score (nSPS) is 11.1. The van der Waals surface area contributed by atoms with Crippen molar-refractivity contribution in [2.24, 2.45) is 5.84 Å². The molecule has 0 aliphatic heterocycles. The minimum atomic E-state index is -0.426. The number of esters is 1. The van der Waals surface area contributed by atoms with Crippen LogP contribution >= 0.6 is 11.8 Å². The number of thioether (sulfide) groups is 1. The molecular weight excluding hydrogens is 250 g/mol. The van der Waals surface area contributed by atoms with E-state index in [1.807, 2.05) is 32.9 Å². The summed E-state index contributed by atoms with van der Waals surface area (Å²) in [5.41, 5.74) is 3.12. The number of anilines is 1. The van der Waals surface area contributed by atoms with E-state index < -0.39 is 5.60 Å². The second-order valence-electron chi connectivity index (χ2n) is 4.77. The minimum Gasteiger partial charge on any atom is -0.459 e. The summed E-state index contributed by atoms with van der Waals surface area (Å²) in [4.78, 5) is 15.5. The molecule has 100 valence electrons. The highest BCUT2D eigenvalue weighted by molar-refractivity contribution is 7.99. The van der Waals surface area contributed by atoms with Gasteiger partial charge in [-0.2, -0.15) is 0 Å². The summed E-state index contributed by atoms with van der Waals surface area (Å²) >= 11 is 1.50. The molecule has 0 aliphatic rings. The van der Waals surface area contributed by atoms with Gasteiger partial charge in [0.2, 0.25) is 0 Å². The molecular formula is C12H19N3O2S. The van der Waals surface area contributed by atoms with Crippen LogP contribution in [0, 0.1) is 0 Å². The van der Waals surface area contributed by atoms with Crippen molar-refractivity contribution in [2.45, 2.75) is 32.1 Å². The largest absolute Gasteiger partial charge is 0.459 e. The van der Waals surface area contributed by atoms with Crippen LogP contribution in [-0.2, 0) is 15.3 Å². The van der Waals surface area contributed by atoms with Gasteiger partial charge >= 0.3 is 5.97 Å². The molecule has 0 radical (unpaired) electrons. The molecule has 18 heavy (non-hydrogen) atoms. The Morgan fingerprint density at radius 2 is 2.28 bits per heavy atom. The number of pyridine rings is 1. The summed E-state index contributed by atoms with van der Waals surface area (Å²) in [7, 11) is 0. The van der Waals surface area contributed by atoms with Crippen molar-refractivity contribution >= 4 is 23.5 Å². The van der Waals surface area contributed by atoms with Gasteiger partial charge in [-0.25, -0.2) is 10.8 Å². The molecule has 0 amide bonds. The second-order valence-corrected chi connectivity index (χ2v) is 5.76. The number of hydrogen-bond acceptors (Lipinski definition) is 6. The van der Waals surface area contributed by atoms with Crippen molar-refractivity contribution in [3.05, 3.63) is 23.9 Å². The van der Waals surface area contributed by atoms with Gasteiger partial charge in [-0.3, -0.25) is 4.79 Å². The van der Waals surface area contributed by atoms with E-state index in [1.54, 1.807) is 6.20 Å². The molecule has 0 aromatic carbocycles. The molecule has 0 saturated carbocycles. The first-order chi connectivity index (χ1) is 8.40. The molecule has 1 aromatic heterocycles. The molecule has 0 spiro atoms. The van der Waals surface area contributed by atoms with E-state index >= 15 is 0 Å². The van der Waals surface area contributed by atoms with Crippen LogP contribution in [0.2, 0.25) is 0 Å². The number of rotatable bonds is 5. The Bertz CT molecular complexity index is 405. The van der Waals surface area contributed by atoms with Gasteiger partial charge in [-0.1, -0.05) is 0 Å². The zero-order valence-electron chi connectivity index (χ0n) is 10.9. The Balaban J connectivity index is 2.35. The van der Waals surface area contributed by atoms with E-state index in [4.69, 9.17) is 10.6 Å². The summed E-state index contributed by atoms with van der Waals surface area (Å²) < 4.78 is 5.22. The number of nitrogens with one attached hydrogen (secondary N) is 1. The van der Waals surface area contributed by atoms with Crippen LogP contribution in [0.4, 0.5) is 5.82 Å². The fraction of sp³-hybridized carbons (Fsp3) is 0.500. The maximum atomic E-state index is 11.5. The zero-order chi connectivity index (χ0) is 13.6. The molecule has 0 unspecified atom stereocenters. The first kappa shape index (κ1) is 14.8. The van der Waals surface area contributed by atoms with Crippen LogP contribution in [0.1, 0.15) is 26.3 Å². The number of nitrogen functional groups attached to an aromatic ring is 1. The fourth-order valence-corrected chi connectivity index (χ4v) is 2.01. The van der Waals surface area contributed by atoms with Crippen LogP contribution in [0.5, 0.6) is 0 Å². The van der Waals surface area contributed by atoms with Crippen LogP contribution < -0.4 is 11.3 Å². The summed E-state index contributed by atoms with van der Waals surface area (Å²) in [5, 5.41) is 0. The number of hydrazine groups is 1. The highest BCUT2D eigenvalue weighted by Gasteiger charge is 2.15. The molecule has 0 aliphatic carbocycles. The van der Waals surface area contributed by atoms with Gasteiger partial charge in [0, 0.05) is 11.9 Å². The Labute approximate surface area is 111 Å².